The van der Waals surface area contributed by atoms with E-state index in [9.17, 15) is 14.7 Å². The maximum Gasteiger partial charge on any atom is 0.326 e. The zero-order valence-corrected chi connectivity index (χ0v) is 24.9. The molecule has 0 saturated carbocycles. The minimum Gasteiger partial charge on any atom is -0.492 e. The number of aliphatic carboxylic acids is 1. The number of hydrogen-bond donors (Lipinski definition) is 2. The number of para-hydroxylation sites is 1. The lowest BCUT2D eigenvalue weighted by molar-refractivity contribution is -0.137. The van der Waals surface area contributed by atoms with Crippen LogP contribution in [0, 0.1) is 0 Å². The molecule has 0 aliphatic heterocycles. The summed E-state index contributed by atoms with van der Waals surface area (Å²) in [4.78, 5) is 27.6. The first-order valence-electron chi connectivity index (χ1n) is 14.4. The van der Waals surface area contributed by atoms with Crippen molar-refractivity contribution < 1.29 is 19.4 Å². The summed E-state index contributed by atoms with van der Waals surface area (Å²) < 4.78 is 6.07. The van der Waals surface area contributed by atoms with Gasteiger partial charge in [-0.1, -0.05) is 96.5 Å². The second kappa shape index (κ2) is 14.9. The van der Waals surface area contributed by atoms with Crippen LogP contribution in [0.1, 0.15) is 27.0 Å². The van der Waals surface area contributed by atoms with E-state index >= 15 is 0 Å². The van der Waals surface area contributed by atoms with E-state index in [0.717, 1.165) is 17.8 Å². The second-order valence-corrected chi connectivity index (χ2v) is 10.8. The third-order valence-corrected chi connectivity index (χ3v) is 7.49. The van der Waals surface area contributed by atoms with Gasteiger partial charge in [0.25, 0.3) is 0 Å². The van der Waals surface area contributed by atoms with Gasteiger partial charge in [-0.15, -0.1) is 0 Å². The van der Waals surface area contributed by atoms with Gasteiger partial charge in [0, 0.05) is 40.5 Å². The Morgan fingerprint density at radius 2 is 1.39 bits per heavy atom. The summed E-state index contributed by atoms with van der Waals surface area (Å²) in [5, 5.41) is 13.8. The molecule has 0 aromatic heterocycles. The number of nitrogens with zero attached hydrogens (tertiary/aromatic N) is 1. The number of halogens is 1. The van der Waals surface area contributed by atoms with Gasteiger partial charge in [0.2, 0.25) is 0 Å². The SMILES string of the molecule is O=C(c1ccccc1)c1ccccc1N[C@@H](Cc1ccc(OCCN(Cc2ccccc2)c2ccc(Cl)cc2)cc1)C(=O)O. The highest BCUT2D eigenvalue weighted by atomic mass is 35.5. The molecule has 7 heteroatoms. The highest BCUT2D eigenvalue weighted by Gasteiger charge is 2.21. The zero-order chi connectivity index (χ0) is 30.7. The highest BCUT2D eigenvalue weighted by molar-refractivity contribution is 6.30. The fourth-order valence-corrected chi connectivity index (χ4v) is 5.05. The maximum atomic E-state index is 13.1. The summed E-state index contributed by atoms with van der Waals surface area (Å²) in [7, 11) is 0. The number of carboxylic acid groups (broad SMARTS) is 1. The molecular formula is C37H33ClN2O4. The predicted molar refractivity (Wildman–Crippen MR) is 176 cm³/mol. The molecule has 1 atom stereocenters. The molecule has 0 spiro atoms. The molecule has 0 unspecified atom stereocenters. The van der Waals surface area contributed by atoms with Crippen LogP contribution in [-0.4, -0.2) is 36.1 Å². The molecule has 0 heterocycles. The number of hydrogen-bond acceptors (Lipinski definition) is 5. The lowest BCUT2D eigenvalue weighted by Crippen LogP contribution is -2.32. The molecular weight excluding hydrogens is 572 g/mol. The quantitative estimate of drug-likeness (QED) is 0.126. The molecule has 0 amide bonds. The van der Waals surface area contributed by atoms with Crippen LogP contribution in [0.15, 0.2) is 133 Å². The Labute approximate surface area is 262 Å². The molecule has 0 aliphatic carbocycles. The van der Waals surface area contributed by atoms with Crippen molar-refractivity contribution in [3.05, 3.63) is 161 Å². The molecule has 2 N–H and O–H groups in total. The van der Waals surface area contributed by atoms with E-state index in [4.69, 9.17) is 16.3 Å². The van der Waals surface area contributed by atoms with Crippen molar-refractivity contribution in [2.24, 2.45) is 0 Å². The van der Waals surface area contributed by atoms with Gasteiger partial charge >= 0.3 is 5.97 Å². The van der Waals surface area contributed by atoms with E-state index in [1.54, 1.807) is 48.5 Å². The fourth-order valence-electron chi connectivity index (χ4n) is 4.93. The van der Waals surface area contributed by atoms with Crippen LogP contribution in [0.5, 0.6) is 5.75 Å². The van der Waals surface area contributed by atoms with Crippen LogP contribution < -0.4 is 15.0 Å². The first kappa shape index (κ1) is 30.4. The molecule has 0 bridgehead atoms. The Morgan fingerprint density at radius 1 is 0.750 bits per heavy atom. The molecule has 5 aromatic rings. The van der Waals surface area contributed by atoms with Crippen LogP contribution in [0.2, 0.25) is 5.02 Å². The number of carbonyl (C=O) groups is 2. The average Bonchev–Trinajstić information content (AvgIpc) is 3.06. The Hall–Kier alpha value is -5.07. The molecule has 6 nitrogen and oxygen atoms in total. The minimum absolute atomic E-state index is 0.169. The number of ether oxygens (including phenoxy) is 1. The van der Waals surface area contributed by atoms with E-state index < -0.39 is 12.0 Å². The summed E-state index contributed by atoms with van der Waals surface area (Å²) in [5.74, 6) is -0.478. The van der Waals surface area contributed by atoms with Gasteiger partial charge in [-0.2, -0.15) is 0 Å². The van der Waals surface area contributed by atoms with Gasteiger partial charge in [-0.25, -0.2) is 4.79 Å². The summed E-state index contributed by atoms with van der Waals surface area (Å²) in [6, 6.07) is 40.5. The molecule has 222 valence electrons. The molecule has 0 aliphatic rings. The molecule has 5 aromatic carbocycles. The van der Waals surface area contributed by atoms with E-state index in [2.05, 4.69) is 22.3 Å². The molecule has 0 fully saturated rings. The fraction of sp³-hybridized carbons (Fsp3) is 0.135. The van der Waals surface area contributed by atoms with Gasteiger partial charge in [-0.3, -0.25) is 4.79 Å². The van der Waals surface area contributed by atoms with Gasteiger partial charge in [0.05, 0.1) is 6.54 Å². The Bertz CT molecular complexity index is 1660. The van der Waals surface area contributed by atoms with Crippen molar-refractivity contribution in [3.63, 3.8) is 0 Å². The monoisotopic (exact) mass is 604 g/mol. The largest absolute Gasteiger partial charge is 0.492 e. The van der Waals surface area contributed by atoms with E-state index in [1.807, 2.05) is 72.8 Å². The first-order valence-corrected chi connectivity index (χ1v) is 14.8. The zero-order valence-electron chi connectivity index (χ0n) is 24.1. The van der Waals surface area contributed by atoms with E-state index in [0.29, 0.717) is 40.7 Å². The predicted octanol–water partition coefficient (Wildman–Crippen LogP) is 7.76. The van der Waals surface area contributed by atoms with Crippen molar-refractivity contribution in [3.8, 4) is 5.75 Å². The smallest absolute Gasteiger partial charge is 0.326 e. The summed E-state index contributed by atoms with van der Waals surface area (Å²) in [5.41, 5.74) is 4.52. The van der Waals surface area contributed by atoms with Gasteiger partial charge in [-0.05, 0) is 59.7 Å². The number of benzene rings is 5. The van der Waals surface area contributed by atoms with Crippen LogP contribution in [0.25, 0.3) is 0 Å². The van der Waals surface area contributed by atoms with Crippen LogP contribution in [0.3, 0.4) is 0 Å². The summed E-state index contributed by atoms with van der Waals surface area (Å²) in [6.07, 6.45) is 0.227. The molecule has 44 heavy (non-hydrogen) atoms. The highest BCUT2D eigenvalue weighted by Crippen LogP contribution is 2.23. The normalized spacial score (nSPS) is 11.4. The Kier molecular flexibility index (Phi) is 10.3. The molecule has 5 rings (SSSR count). The van der Waals surface area contributed by atoms with Crippen LogP contribution in [0.4, 0.5) is 11.4 Å². The minimum atomic E-state index is -1.01. The number of nitrogens with one attached hydrogen (secondary N) is 1. The number of rotatable bonds is 14. The van der Waals surface area contributed by atoms with E-state index in [1.165, 1.54) is 5.56 Å². The first-order chi connectivity index (χ1) is 21.5. The van der Waals surface area contributed by atoms with Crippen LogP contribution >= 0.6 is 11.6 Å². The third-order valence-electron chi connectivity index (χ3n) is 7.24. The topological polar surface area (TPSA) is 78.9 Å². The van der Waals surface area contributed by atoms with Crippen molar-refractivity contribution in [2.75, 3.05) is 23.4 Å². The number of carboxylic acids is 1. The summed E-state index contributed by atoms with van der Waals surface area (Å²) >= 11 is 6.11. The standard InChI is InChI=1S/C37H33ClN2O4/c38-30-17-19-31(20-18-30)40(26-28-9-3-1-4-10-28)23-24-44-32-21-15-27(16-22-32)25-35(37(42)43)39-34-14-8-7-13-33(34)36(41)29-11-5-2-6-12-29/h1-22,35,39H,23-26H2,(H,42,43)/t35-/m0/s1. The van der Waals surface area contributed by atoms with E-state index in [-0.39, 0.29) is 12.2 Å². The van der Waals surface area contributed by atoms with Crippen molar-refractivity contribution >= 4 is 34.7 Å². The lowest BCUT2D eigenvalue weighted by atomic mass is 10.00. The van der Waals surface area contributed by atoms with Crippen molar-refractivity contribution in [1.82, 2.24) is 0 Å². The van der Waals surface area contributed by atoms with Crippen molar-refractivity contribution in [2.45, 2.75) is 19.0 Å². The maximum absolute atomic E-state index is 13.1. The second-order valence-electron chi connectivity index (χ2n) is 10.4. The third kappa shape index (κ3) is 8.27. The summed E-state index contributed by atoms with van der Waals surface area (Å²) in [6.45, 7) is 1.85. The lowest BCUT2D eigenvalue weighted by Gasteiger charge is -2.25. The molecule has 0 radical (unpaired) electrons. The number of anilines is 2. The van der Waals surface area contributed by atoms with Gasteiger partial charge < -0.3 is 20.1 Å². The number of ketones is 1. The van der Waals surface area contributed by atoms with Crippen LogP contribution in [-0.2, 0) is 17.8 Å². The molecule has 0 saturated heterocycles. The number of carbonyl (C=O) groups excluding carboxylic acids is 1. The average molecular weight is 605 g/mol. The van der Waals surface area contributed by atoms with Gasteiger partial charge in [0.15, 0.2) is 5.78 Å². The van der Waals surface area contributed by atoms with Crippen molar-refractivity contribution in [1.29, 1.82) is 0 Å². The van der Waals surface area contributed by atoms with Gasteiger partial charge in [0.1, 0.15) is 18.4 Å². The Morgan fingerprint density at radius 3 is 2.07 bits per heavy atom. The Balaban J connectivity index is 1.21.